The third-order valence-electron chi connectivity index (χ3n) is 6.26. The first-order valence-corrected chi connectivity index (χ1v) is 10.2. The van der Waals surface area contributed by atoms with Crippen molar-refractivity contribution in [2.24, 2.45) is 17.3 Å². The zero-order valence-corrected chi connectivity index (χ0v) is 16.5. The molecule has 4 fully saturated rings. The van der Waals surface area contributed by atoms with Crippen LogP contribution in [0.3, 0.4) is 0 Å². The average molecular weight is 413 g/mol. The SMILES string of the molecule is CCn1c(CCNC(=O)C23CC4CC(CC(Br)(C4)C2)C3)n[nH]c1=S. The standard InChI is InChI=1S/C17H25BrN4OS/c1-2-22-13(20-21-15(22)24)3-4-19-14(23)16-6-11-5-12(7-16)9-17(18,8-11)10-16/h11-12H,2-10H2,1H3,(H,19,23)(H,21,24). The van der Waals surface area contributed by atoms with E-state index in [0.717, 1.165) is 49.9 Å². The Kier molecular flexibility index (Phi) is 4.15. The summed E-state index contributed by atoms with van der Waals surface area (Å²) < 4.78 is 2.86. The van der Waals surface area contributed by atoms with Gasteiger partial charge in [0.25, 0.3) is 0 Å². The van der Waals surface area contributed by atoms with Crippen LogP contribution in [-0.2, 0) is 17.8 Å². The van der Waals surface area contributed by atoms with Crippen molar-refractivity contribution in [2.45, 2.75) is 62.7 Å². The van der Waals surface area contributed by atoms with Crippen molar-refractivity contribution < 1.29 is 4.79 Å². The molecule has 24 heavy (non-hydrogen) atoms. The molecule has 4 saturated carbocycles. The molecule has 1 amide bonds. The van der Waals surface area contributed by atoms with E-state index in [1.165, 1.54) is 19.3 Å². The van der Waals surface area contributed by atoms with Crippen LogP contribution in [0.5, 0.6) is 0 Å². The molecule has 4 aliphatic rings. The van der Waals surface area contributed by atoms with E-state index in [9.17, 15) is 4.79 Å². The van der Waals surface area contributed by atoms with Gasteiger partial charge in [-0.25, -0.2) is 0 Å². The number of rotatable bonds is 5. The Balaban J connectivity index is 1.41. The summed E-state index contributed by atoms with van der Waals surface area (Å²) in [4.78, 5) is 13.0. The van der Waals surface area contributed by atoms with Gasteiger partial charge in [-0.05, 0) is 69.5 Å². The summed E-state index contributed by atoms with van der Waals surface area (Å²) in [6, 6.07) is 0. The first-order chi connectivity index (χ1) is 11.4. The molecule has 0 saturated heterocycles. The zero-order chi connectivity index (χ0) is 16.9. The normalized spacial score (nSPS) is 36.9. The average Bonchev–Trinajstić information content (AvgIpc) is 2.84. The van der Waals surface area contributed by atoms with Crippen molar-refractivity contribution in [3.63, 3.8) is 0 Å². The zero-order valence-electron chi connectivity index (χ0n) is 14.1. The first kappa shape index (κ1) is 16.8. The van der Waals surface area contributed by atoms with Gasteiger partial charge >= 0.3 is 0 Å². The Morgan fingerprint density at radius 1 is 1.42 bits per heavy atom. The van der Waals surface area contributed by atoms with Crippen molar-refractivity contribution in [1.82, 2.24) is 20.1 Å². The highest BCUT2D eigenvalue weighted by molar-refractivity contribution is 9.10. The number of amides is 1. The summed E-state index contributed by atoms with van der Waals surface area (Å²) in [5.74, 6) is 2.64. The predicted octanol–water partition coefficient (Wildman–Crippen LogP) is 3.35. The monoisotopic (exact) mass is 412 g/mol. The maximum Gasteiger partial charge on any atom is 0.226 e. The van der Waals surface area contributed by atoms with Gasteiger partial charge < -0.3 is 9.88 Å². The molecule has 4 aliphatic carbocycles. The fourth-order valence-electron chi connectivity index (χ4n) is 5.76. The van der Waals surface area contributed by atoms with Gasteiger partial charge in [0.15, 0.2) is 4.77 Å². The molecular formula is C17H25BrN4OS. The lowest BCUT2D eigenvalue weighted by molar-refractivity contribution is -0.144. The molecule has 0 aliphatic heterocycles. The minimum Gasteiger partial charge on any atom is -0.355 e. The molecule has 0 spiro atoms. The predicted molar refractivity (Wildman–Crippen MR) is 98.6 cm³/mol. The van der Waals surface area contributed by atoms with Crippen molar-refractivity contribution >= 4 is 34.1 Å². The first-order valence-electron chi connectivity index (χ1n) is 9.04. The fraction of sp³-hybridized carbons (Fsp3) is 0.824. The van der Waals surface area contributed by atoms with Gasteiger partial charge in [-0.2, -0.15) is 5.10 Å². The second kappa shape index (κ2) is 5.94. The number of aromatic nitrogens is 3. The topological polar surface area (TPSA) is 62.7 Å². The molecule has 1 aromatic heterocycles. The fourth-order valence-corrected chi connectivity index (χ4v) is 7.49. The van der Waals surface area contributed by atoms with Gasteiger partial charge in [-0.15, -0.1) is 0 Å². The van der Waals surface area contributed by atoms with E-state index in [1.807, 2.05) is 4.57 Å². The summed E-state index contributed by atoms with van der Waals surface area (Å²) in [5.41, 5.74) is -0.136. The highest BCUT2D eigenvalue weighted by atomic mass is 79.9. The van der Waals surface area contributed by atoms with Crippen LogP contribution in [-0.4, -0.2) is 31.5 Å². The Labute approximate surface area is 156 Å². The van der Waals surface area contributed by atoms with Gasteiger partial charge in [0.05, 0.1) is 5.41 Å². The second-order valence-electron chi connectivity index (χ2n) is 8.09. The van der Waals surface area contributed by atoms with E-state index in [0.29, 0.717) is 11.3 Å². The van der Waals surface area contributed by atoms with Gasteiger partial charge in [-0.1, -0.05) is 15.9 Å². The number of carbonyl (C=O) groups is 1. The molecule has 132 valence electrons. The molecular weight excluding hydrogens is 388 g/mol. The quantitative estimate of drug-likeness (QED) is 0.575. The lowest BCUT2D eigenvalue weighted by Crippen LogP contribution is -2.58. The smallest absolute Gasteiger partial charge is 0.226 e. The van der Waals surface area contributed by atoms with Gasteiger partial charge in [-0.3, -0.25) is 9.89 Å². The molecule has 5 rings (SSSR count). The Hall–Kier alpha value is -0.690. The summed E-state index contributed by atoms with van der Waals surface area (Å²) in [7, 11) is 0. The van der Waals surface area contributed by atoms with Crippen LogP contribution in [0.15, 0.2) is 0 Å². The minimum atomic E-state index is -0.136. The summed E-state index contributed by atoms with van der Waals surface area (Å²) >= 11 is 9.19. The van der Waals surface area contributed by atoms with Crippen LogP contribution < -0.4 is 5.32 Å². The second-order valence-corrected chi connectivity index (χ2v) is 10.2. The summed E-state index contributed by atoms with van der Waals surface area (Å²) in [5, 5.41) is 10.3. The van der Waals surface area contributed by atoms with E-state index >= 15 is 0 Å². The lowest BCUT2D eigenvalue weighted by Gasteiger charge is -2.59. The molecule has 2 unspecified atom stereocenters. The number of hydrogen-bond donors (Lipinski definition) is 2. The maximum absolute atomic E-state index is 13.0. The third kappa shape index (κ3) is 2.77. The minimum absolute atomic E-state index is 0.136. The number of halogens is 1. The van der Waals surface area contributed by atoms with E-state index in [4.69, 9.17) is 12.2 Å². The number of nitrogens with zero attached hydrogens (tertiary/aromatic N) is 2. The van der Waals surface area contributed by atoms with E-state index < -0.39 is 0 Å². The Morgan fingerprint density at radius 3 is 2.75 bits per heavy atom. The molecule has 1 aromatic rings. The molecule has 1 heterocycles. The van der Waals surface area contributed by atoms with Crippen LogP contribution in [0.4, 0.5) is 0 Å². The molecule has 0 radical (unpaired) electrons. The summed E-state index contributed by atoms with van der Waals surface area (Å²) in [6.07, 6.45) is 7.72. The largest absolute Gasteiger partial charge is 0.355 e. The highest BCUT2D eigenvalue weighted by Crippen LogP contribution is 2.64. The number of carbonyl (C=O) groups excluding carboxylic acids is 1. The van der Waals surface area contributed by atoms with E-state index in [2.05, 4.69) is 38.4 Å². The maximum atomic E-state index is 13.0. The van der Waals surface area contributed by atoms with Crippen molar-refractivity contribution in [2.75, 3.05) is 6.54 Å². The Morgan fingerprint density at radius 2 is 2.12 bits per heavy atom. The molecule has 2 atom stereocenters. The highest BCUT2D eigenvalue weighted by Gasteiger charge is 2.59. The number of hydrogen-bond acceptors (Lipinski definition) is 3. The van der Waals surface area contributed by atoms with Gasteiger partial charge in [0.1, 0.15) is 5.82 Å². The van der Waals surface area contributed by atoms with Crippen molar-refractivity contribution in [3.8, 4) is 0 Å². The summed E-state index contributed by atoms with van der Waals surface area (Å²) in [6.45, 7) is 3.49. The number of alkyl halides is 1. The van der Waals surface area contributed by atoms with Gasteiger partial charge in [0.2, 0.25) is 5.91 Å². The van der Waals surface area contributed by atoms with Gasteiger partial charge in [0, 0.05) is 23.8 Å². The van der Waals surface area contributed by atoms with Crippen LogP contribution in [0.25, 0.3) is 0 Å². The molecule has 0 aromatic carbocycles. The lowest BCUT2D eigenvalue weighted by atomic mass is 9.49. The van der Waals surface area contributed by atoms with Crippen LogP contribution in [0.2, 0.25) is 0 Å². The third-order valence-corrected chi connectivity index (χ3v) is 7.50. The molecule has 5 nitrogen and oxygen atoms in total. The van der Waals surface area contributed by atoms with Crippen molar-refractivity contribution in [3.05, 3.63) is 10.6 Å². The molecule has 2 N–H and O–H groups in total. The van der Waals surface area contributed by atoms with E-state index in [1.54, 1.807) is 0 Å². The van der Waals surface area contributed by atoms with Crippen LogP contribution in [0, 0.1) is 22.0 Å². The van der Waals surface area contributed by atoms with E-state index in [-0.39, 0.29) is 15.6 Å². The molecule has 7 heteroatoms. The number of H-pyrrole nitrogens is 1. The Bertz CT molecular complexity index is 698. The number of aromatic amines is 1. The van der Waals surface area contributed by atoms with Crippen LogP contribution in [0.1, 0.15) is 51.3 Å². The molecule has 4 bridgehead atoms. The number of nitrogens with one attached hydrogen (secondary N) is 2. The van der Waals surface area contributed by atoms with Crippen LogP contribution >= 0.6 is 28.1 Å². The van der Waals surface area contributed by atoms with Crippen molar-refractivity contribution in [1.29, 1.82) is 0 Å².